The molecule has 0 aliphatic rings. The Balaban J connectivity index is 2.21. The first-order valence-corrected chi connectivity index (χ1v) is 7.36. The molecule has 0 aliphatic heterocycles. The van der Waals surface area contributed by atoms with Gasteiger partial charge in [-0.05, 0) is 0 Å². The van der Waals surface area contributed by atoms with Gasteiger partial charge in [-0.2, -0.15) is 0 Å². The van der Waals surface area contributed by atoms with Crippen LogP contribution in [0.5, 0.6) is 0 Å². The van der Waals surface area contributed by atoms with E-state index in [1.165, 1.54) is 0 Å². The van der Waals surface area contributed by atoms with Gasteiger partial charge >= 0.3 is 116 Å². The number of rotatable bonds is 3. The Morgan fingerprint density at radius 1 is 1.00 bits per heavy atom. The van der Waals surface area contributed by atoms with Crippen LogP contribution in [0.15, 0.2) is 48.5 Å². The fourth-order valence-electron chi connectivity index (χ4n) is 1.31. The molecule has 0 unspecified atom stereocenters. The normalized spacial score (nSPS) is 10.2. The van der Waals surface area contributed by atoms with Gasteiger partial charge in [0.25, 0.3) is 0 Å². The molecule has 0 saturated carbocycles. The number of benzene rings is 2. The summed E-state index contributed by atoms with van der Waals surface area (Å²) in [5, 5.41) is 0.957. The van der Waals surface area contributed by atoms with Crippen LogP contribution < -0.4 is 4.46 Å². The zero-order valence-corrected chi connectivity index (χ0v) is 11.9. The molecule has 0 radical (unpaired) electrons. The van der Waals surface area contributed by atoms with E-state index in [-0.39, 0.29) is 19.6 Å². The number of carbonyl (C=O) groups is 1. The van der Waals surface area contributed by atoms with Crippen molar-refractivity contribution in [2.24, 2.45) is 0 Å². The summed E-state index contributed by atoms with van der Waals surface area (Å²) in [4.78, 5) is 12.0. The molecule has 2 rings (SSSR count). The minimum atomic E-state index is -0.251. The van der Waals surface area contributed by atoms with Crippen LogP contribution in [-0.2, 0) is 0 Å². The Hall–Kier alpha value is -0.791. The molecule has 0 atom stereocenters. The first-order chi connectivity index (χ1) is 8.16. The molecule has 0 N–H and O–H groups in total. The third kappa shape index (κ3) is 3.33. The molecule has 86 valence electrons. The Bertz CT molecular complexity index is 540. The Morgan fingerprint density at radius 2 is 1.71 bits per heavy atom. The van der Waals surface area contributed by atoms with Gasteiger partial charge in [0, 0.05) is 0 Å². The zero-order chi connectivity index (χ0) is 12.3. The Kier molecular flexibility index (Phi) is 4.25. The summed E-state index contributed by atoms with van der Waals surface area (Å²) >= 11 is 11.5. The van der Waals surface area contributed by atoms with Crippen LogP contribution in [0.25, 0.3) is 0 Å². The second kappa shape index (κ2) is 5.70. The van der Waals surface area contributed by atoms with Crippen molar-refractivity contribution in [3.8, 4) is 0 Å². The third-order valence-electron chi connectivity index (χ3n) is 2.10. The van der Waals surface area contributed by atoms with Crippen LogP contribution >= 0.6 is 23.2 Å². The SMILES string of the molecule is O=C([Se]c1ccccc1)c1ccc(Cl)cc1Cl. The fraction of sp³-hybridized carbons (Fsp3) is 0. The molecular weight excluding hydrogens is 322 g/mol. The molecule has 0 aromatic heterocycles. The predicted octanol–water partition coefficient (Wildman–Crippen LogP) is 3.16. The van der Waals surface area contributed by atoms with E-state index in [4.69, 9.17) is 23.2 Å². The number of halogens is 2. The maximum atomic E-state index is 12.0. The van der Waals surface area contributed by atoms with E-state index in [1.54, 1.807) is 18.2 Å². The molecular formula is C13H8Cl2OSe. The molecule has 2 aromatic rings. The molecule has 1 nitrogen and oxygen atoms in total. The molecule has 0 saturated heterocycles. The van der Waals surface area contributed by atoms with Crippen molar-refractivity contribution in [2.45, 2.75) is 0 Å². The summed E-state index contributed by atoms with van der Waals surface area (Å²) in [6, 6.07) is 14.6. The van der Waals surface area contributed by atoms with Crippen molar-refractivity contribution >= 4 is 47.3 Å². The molecule has 0 bridgehead atoms. The van der Waals surface area contributed by atoms with Gasteiger partial charge in [-0.25, -0.2) is 0 Å². The molecule has 17 heavy (non-hydrogen) atoms. The fourth-order valence-corrected chi connectivity index (χ4v) is 3.60. The van der Waals surface area contributed by atoms with Crippen molar-refractivity contribution in [2.75, 3.05) is 0 Å². The summed E-state index contributed by atoms with van der Waals surface area (Å²) in [5.74, 6) is 0. The van der Waals surface area contributed by atoms with Crippen molar-refractivity contribution in [3.63, 3.8) is 0 Å². The van der Waals surface area contributed by atoms with Gasteiger partial charge in [0.2, 0.25) is 0 Å². The first kappa shape index (κ1) is 12.7. The average molecular weight is 330 g/mol. The third-order valence-corrected chi connectivity index (χ3v) is 4.57. The first-order valence-electron chi connectivity index (χ1n) is 4.89. The predicted molar refractivity (Wildman–Crippen MR) is 72.6 cm³/mol. The molecule has 2 aromatic carbocycles. The topological polar surface area (TPSA) is 17.1 Å². The Labute approximate surface area is 116 Å². The minimum absolute atomic E-state index is 0.0605. The van der Waals surface area contributed by atoms with Crippen LogP contribution in [0.2, 0.25) is 10.0 Å². The summed E-state index contributed by atoms with van der Waals surface area (Å²) in [6.45, 7) is 0. The van der Waals surface area contributed by atoms with Gasteiger partial charge in [-0.1, -0.05) is 0 Å². The second-order valence-electron chi connectivity index (χ2n) is 3.33. The number of carbonyl (C=O) groups excluding carboxylic acids is 1. The van der Waals surface area contributed by atoms with Crippen LogP contribution in [0.4, 0.5) is 0 Å². The standard InChI is InChI=1S/C13H8Cl2OSe/c14-9-6-7-11(12(15)8-9)13(16)17-10-4-2-1-3-5-10/h1-8H. The monoisotopic (exact) mass is 330 g/mol. The molecule has 4 heteroatoms. The average Bonchev–Trinajstić information content (AvgIpc) is 2.30. The van der Waals surface area contributed by atoms with E-state index in [1.807, 2.05) is 30.3 Å². The van der Waals surface area contributed by atoms with Crippen molar-refractivity contribution < 1.29 is 4.79 Å². The van der Waals surface area contributed by atoms with E-state index in [9.17, 15) is 4.79 Å². The van der Waals surface area contributed by atoms with Crippen LogP contribution in [0.1, 0.15) is 10.4 Å². The van der Waals surface area contributed by atoms with E-state index in [2.05, 4.69) is 0 Å². The number of hydrogen-bond acceptors (Lipinski definition) is 1. The van der Waals surface area contributed by atoms with Gasteiger partial charge in [-0.3, -0.25) is 0 Å². The molecule has 0 fully saturated rings. The van der Waals surface area contributed by atoms with Crippen molar-refractivity contribution in [1.82, 2.24) is 0 Å². The molecule has 0 amide bonds. The second-order valence-corrected chi connectivity index (χ2v) is 6.37. The van der Waals surface area contributed by atoms with Crippen LogP contribution in [0, 0.1) is 0 Å². The van der Waals surface area contributed by atoms with Crippen molar-refractivity contribution in [3.05, 3.63) is 64.1 Å². The van der Waals surface area contributed by atoms with Gasteiger partial charge in [0.05, 0.1) is 0 Å². The Morgan fingerprint density at radius 3 is 2.35 bits per heavy atom. The summed E-state index contributed by atoms with van der Waals surface area (Å²) < 4.78 is 1.10. The van der Waals surface area contributed by atoms with E-state index in [0.717, 1.165) is 4.46 Å². The van der Waals surface area contributed by atoms with Gasteiger partial charge in [0.1, 0.15) is 0 Å². The molecule has 0 aliphatic carbocycles. The summed E-state index contributed by atoms with van der Waals surface area (Å²) in [7, 11) is 0. The maximum absolute atomic E-state index is 12.0. The van der Waals surface area contributed by atoms with E-state index >= 15 is 0 Å². The van der Waals surface area contributed by atoms with Crippen molar-refractivity contribution in [1.29, 1.82) is 0 Å². The van der Waals surface area contributed by atoms with E-state index in [0.29, 0.717) is 15.6 Å². The van der Waals surface area contributed by atoms with Crippen LogP contribution in [0.3, 0.4) is 0 Å². The van der Waals surface area contributed by atoms with Crippen LogP contribution in [-0.4, -0.2) is 19.6 Å². The molecule has 0 heterocycles. The molecule has 0 spiro atoms. The summed E-state index contributed by atoms with van der Waals surface area (Å²) in [6.07, 6.45) is 0. The summed E-state index contributed by atoms with van der Waals surface area (Å²) in [5.41, 5.74) is 0.542. The van der Waals surface area contributed by atoms with Gasteiger partial charge in [-0.15, -0.1) is 0 Å². The zero-order valence-electron chi connectivity index (χ0n) is 8.69. The van der Waals surface area contributed by atoms with Gasteiger partial charge < -0.3 is 0 Å². The van der Waals surface area contributed by atoms with E-state index < -0.39 is 0 Å². The van der Waals surface area contributed by atoms with Gasteiger partial charge in [0.15, 0.2) is 0 Å². The number of hydrogen-bond donors (Lipinski definition) is 0. The quantitative estimate of drug-likeness (QED) is 0.790.